The van der Waals surface area contributed by atoms with Gasteiger partial charge in [0.25, 0.3) is 0 Å². The van der Waals surface area contributed by atoms with Crippen molar-refractivity contribution < 1.29 is 17.9 Å². The molecular formula is C22H22N4O5S2. The van der Waals surface area contributed by atoms with Crippen LogP contribution in [0.25, 0.3) is 22.0 Å². The highest BCUT2D eigenvalue weighted by Gasteiger charge is 2.31. The summed E-state index contributed by atoms with van der Waals surface area (Å²) < 4.78 is 41.6. The molecule has 0 radical (unpaired) electrons. The van der Waals surface area contributed by atoms with E-state index in [0.29, 0.717) is 55.8 Å². The average Bonchev–Trinajstić information content (AvgIpc) is 3.28. The van der Waals surface area contributed by atoms with Gasteiger partial charge in [-0.25, -0.2) is 13.2 Å². The molecule has 2 aromatic carbocycles. The van der Waals surface area contributed by atoms with Crippen molar-refractivity contribution in [2.75, 3.05) is 26.2 Å². The first kappa shape index (κ1) is 22.0. The fourth-order valence-corrected chi connectivity index (χ4v) is 6.39. The van der Waals surface area contributed by atoms with Crippen molar-refractivity contribution in [2.45, 2.75) is 24.8 Å². The zero-order valence-corrected chi connectivity index (χ0v) is 19.5. The molecule has 0 unspecified atom stereocenters. The predicted octanol–water partition coefficient (Wildman–Crippen LogP) is 2.57. The highest BCUT2D eigenvalue weighted by atomic mass is 32.2. The van der Waals surface area contributed by atoms with E-state index < -0.39 is 15.6 Å². The Balaban J connectivity index is 1.36. The number of sulfonamides is 1. The number of piperazine rings is 1. The number of aryl methyl sites for hydroxylation is 1. The standard InChI is InChI=1S/C22H22N4O5S2/c1-2-14-10-16-15(11-21(28)31-19(16)12-18(14)27)13-25-6-8-26(9-7-25)33(29,30)20-5-3-4-17-22(20)24-32-23-17/h3-5,10-12,27H,2,6-9,13H2,1H3. The minimum Gasteiger partial charge on any atom is -0.508 e. The molecule has 0 saturated carbocycles. The molecular weight excluding hydrogens is 464 g/mol. The van der Waals surface area contributed by atoms with E-state index in [2.05, 4.69) is 13.6 Å². The molecule has 33 heavy (non-hydrogen) atoms. The van der Waals surface area contributed by atoms with Crippen molar-refractivity contribution in [1.29, 1.82) is 0 Å². The van der Waals surface area contributed by atoms with Gasteiger partial charge in [-0.3, -0.25) is 4.90 Å². The molecule has 0 aliphatic carbocycles. The third kappa shape index (κ3) is 4.01. The molecule has 0 spiro atoms. The van der Waals surface area contributed by atoms with E-state index in [9.17, 15) is 18.3 Å². The number of fused-ring (bicyclic) bond motifs is 2. The summed E-state index contributed by atoms with van der Waals surface area (Å²) in [5, 5.41) is 10.9. The maximum Gasteiger partial charge on any atom is 0.336 e. The Labute approximate surface area is 194 Å². The lowest BCUT2D eigenvalue weighted by Crippen LogP contribution is -2.48. The van der Waals surface area contributed by atoms with Crippen LogP contribution < -0.4 is 5.63 Å². The SMILES string of the molecule is CCc1cc2c(CN3CCN(S(=O)(=O)c4cccc5nsnc45)CC3)cc(=O)oc2cc1O. The fraction of sp³-hybridized carbons (Fsp3) is 0.318. The Morgan fingerprint density at radius 2 is 1.88 bits per heavy atom. The molecule has 4 aromatic rings. The Bertz CT molecular complexity index is 1500. The molecule has 9 nitrogen and oxygen atoms in total. The van der Waals surface area contributed by atoms with Gasteiger partial charge in [-0.15, -0.1) is 0 Å². The summed E-state index contributed by atoms with van der Waals surface area (Å²) in [6.45, 7) is 4.13. The first-order valence-corrected chi connectivity index (χ1v) is 12.8. The zero-order chi connectivity index (χ0) is 23.2. The highest BCUT2D eigenvalue weighted by Crippen LogP contribution is 2.29. The quantitative estimate of drug-likeness (QED) is 0.428. The average molecular weight is 487 g/mol. The van der Waals surface area contributed by atoms with Crippen molar-refractivity contribution in [1.82, 2.24) is 18.0 Å². The molecule has 1 aliphatic heterocycles. The van der Waals surface area contributed by atoms with Gasteiger partial charge >= 0.3 is 5.63 Å². The van der Waals surface area contributed by atoms with E-state index in [4.69, 9.17) is 4.42 Å². The molecule has 1 N–H and O–H groups in total. The number of aromatic hydroxyl groups is 1. The summed E-state index contributed by atoms with van der Waals surface area (Å²) in [5.74, 6) is 0.106. The molecule has 11 heteroatoms. The summed E-state index contributed by atoms with van der Waals surface area (Å²) >= 11 is 0.997. The zero-order valence-electron chi connectivity index (χ0n) is 17.9. The van der Waals surface area contributed by atoms with Gasteiger partial charge in [0, 0.05) is 50.2 Å². The van der Waals surface area contributed by atoms with Gasteiger partial charge in [-0.05, 0) is 35.7 Å². The summed E-state index contributed by atoms with van der Waals surface area (Å²) in [5.41, 5.74) is 2.42. The van der Waals surface area contributed by atoms with E-state index >= 15 is 0 Å². The molecule has 3 heterocycles. The Hall–Kier alpha value is -2.86. The second-order valence-corrected chi connectivity index (χ2v) is 10.4. The van der Waals surface area contributed by atoms with Crippen LogP contribution in [0.2, 0.25) is 0 Å². The van der Waals surface area contributed by atoms with Gasteiger partial charge < -0.3 is 9.52 Å². The lowest BCUT2D eigenvalue weighted by Gasteiger charge is -2.34. The van der Waals surface area contributed by atoms with E-state index in [1.165, 1.54) is 16.4 Å². The van der Waals surface area contributed by atoms with Crippen LogP contribution in [0.3, 0.4) is 0 Å². The molecule has 1 aliphatic rings. The summed E-state index contributed by atoms with van der Waals surface area (Å²) in [4.78, 5) is 14.4. The van der Waals surface area contributed by atoms with Crippen LogP contribution in [-0.2, 0) is 23.0 Å². The van der Waals surface area contributed by atoms with E-state index in [0.717, 1.165) is 28.2 Å². The van der Waals surface area contributed by atoms with E-state index in [1.807, 2.05) is 13.0 Å². The maximum absolute atomic E-state index is 13.3. The molecule has 1 saturated heterocycles. The largest absolute Gasteiger partial charge is 0.508 e. The smallest absolute Gasteiger partial charge is 0.336 e. The molecule has 5 rings (SSSR count). The van der Waals surface area contributed by atoms with E-state index in [1.54, 1.807) is 18.2 Å². The second-order valence-electron chi connectivity index (χ2n) is 7.99. The Morgan fingerprint density at radius 3 is 2.64 bits per heavy atom. The summed E-state index contributed by atoms with van der Waals surface area (Å²) in [7, 11) is -3.69. The number of rotatable bonds is 5. The van der Waals surface area contributed by atoms with Crippen LogP contribution in [0.15, 0.2) is 50.5 Å². The van der Waals surface area contributed by atoms with Gasteiger partial charge in [-0.2, -0.15) is 13.1 Å². The lowest BCUT2D eigenvalue weighted by molar-refractivity contribution is 0.182. The maximum atomic E-state index is 13.3. The van der Waals surface area contributed by atoms with Crippen LogP contribution in [0, 0.1) is 0 Å². The van der Waals surface area contributed by atoms with Crippen molar-refractivity contribution in [3.8, 4) is 5.75 Å². The van der Waals surface area contributed by atoms with E-state index in [-0.39, 0.29) is 10.6 Å². The van der Waals surface area contributed by atoms with Gasteiger partial charge in [0.2, 0.25) is 10.0 Å². The van der Waals surface area contributed by atoms with Crippen molar-refractivity contribution >= 4 is 43.8 Å². The van der Waals surface area contributed by atoms with Gasteiger partial charge in [0.05, 0.1) is 11.7 Å². The molecule has 2 aromatic heterocycles. The van der Waals surface area contributed by atoms with Crippen LogP contribution in [0.4, 0.5) is 0 Å². The topological polar surface area (TPSA) is 117 Å². The normalized spacial score (nSPS) is 16.0. The van der Waals surface area contributed by atoms with Crippen LogP contribution in [0.5, 0.6) is 5.75 Å². The molecule has 0 atom stereocenters. The van der Waals surface area contributed by atoms with Crippen LogP contribution in [0.1, 0.15) is 18.1 Å². The van der Waals surface area contributed by atoms with Gasteiger partial charge in [0.1, 0.15) is 27.3 Å². The highest BCUT2D eigenvalue weighted by molar-refractivity contribution is 7.89. The molecule has 0 bridgehead atoms. The fourth-order valence-electron chi connectivity index (χ4n) is 4.22. The Kier molecular flexibility index (Phi) is 5.65. The van der Waals surface area contributed by atoms with Crippen LogP contribution in [-0.4, -0.2) is 57.7 Å². The number of phenols is 1. The minimum atomic E-state index is -3.69. The van der Waals surface area contributed by atoms with Crippen molar-refractivity contribution in [3.63, 3.8) is 0 Å². The third-order valence-electron chi connectivity index (χ3n) is 6.00. The Morgan fingerprint density at radius 1 is 1.09 bits per heavy atom. The van der Waals surface area contributed by atoms with Crippen molar-refractivity contribution in [2.24, 2.45) is 0 Å². The predicted molar refractivity (Wildman–Crippen MR) is 125 cm³/mol. The third-order valence-corrected chi connectivity index (χ3v) is 8.48. The first-order chi connectivity index (χ1) is 15.9. The summed E-state index contributed by atoms with van der Waals surface area (Å²) in [6, 6.07) is 9.81. The molecule has 1 fully saturated rings. The number of benzene rings is 2. The van der Waals surface area contributed by atoms with Gasteiger partial charge in [0.15, 0.2) is 0 Å². The monoisotopic (exact) mass is 486 g/mol. The number of aromatic nitrogens is 2. The summed E-state index contributed by atoms with van der Waals surface area (Å²) in [6.07, 6.45) is 0.651. The number of nitrogens with zero attached hydrogens (tertiary/aromatic N) is 4. The van der Waals surface area contributed by atoms with Crippen molar-refractivity contribution in [3.05, 3.63) is 57.9 Å². The molecule has 172 valence electrons. The lowest BCUT2D eigenvalue weighted by atomic mass is 10.0. The number of phenolic OH excluding ortho intramolecular Hbond substituents is 1. The number of hydrogen-bond acceptors (Lipinski definition) is 9. The minimum absolute atomic E-state index is 0.106. The molecule has 0 amide bonds. The van der Waals surface area contributed by atoms with Gasteiger partial charge in [-0.1, -0.05) is 13.0 Å². The second kappa shape index (κ2) is 8.49. The first-order valence-electron chi connectivity index (χ1n) is 10.6. The number of hydrogen-bond donors (Lipinski definition) is 1. The van der Waals surface area contributed by atoms with Crippen LogP contribution >= 0.6 is 11.7 Å².